The van der Waals surface area contributed by atoms with Crippen molar-refractivity contribution >= 4 is 27.3 Å². The molecule has 1 fully saturated rings. The molecule has 4 N–H and O–H groups in total. The normalized spacial score (nSPS) is 15.8. The number of benzene rings is 1. The maximum atomic E-state index is 13.2. The van der Waals surface area contributed by atoms with Gasteiger partial charge in [0.05, 0.1) is 9.79 Å². The van der Waals surface area contributed by atoms with Crippen molar-refractivity contribution in [3.63, 3.8) is 0 Å². The van der Waals surface area contributed by atoms with Crippen LogP contribution in [0.25, 0.3) is 0 Å². The van der Waals surface area contributed by atoms with E-state index in [2.05, 4.69) is 39.7 Å². The second-order valence-corrected chi connectivity index (χ2v) is 10.9. The summed E-state index contributed by atoms with van der Waals surface area (Å²) < 4.78 is 26.4. The summed E-state index contributed by atoms with van der Waals surface area (Å²) in [7, 11) is -3.72. The van der Waals surface area contributed by atoms with E-state index in [1.807, 2.05) is 6.07 Å². The van der Waals surface area contributed by atoms with Crippen LogP contribution in [-0.4, -0.2) is 41.9 Å². The maximum Gasteiger partial charge on any atom is 0.206 e. The zero-order valence-corrected chi connectivity index (χ0v) is 19.1. The molecule has 170 valence electrons. The van der Waals surface area contributed by atoms with Gasteiger partial charge < -0.3 is 15.7 Å². The third-order valence-corrected chi connectivity index (χ3v) is 7.44. The van der Waals surface area contributed by atoms with E-state index in [1.54, 1.807) is 30.3 Å². The number of rotatable bonds is 9. The monoisotopic (exact) mass is 455 g/mol. The minimum Gasteiger partial charge on any atom is -0.396 e. The molecule has 1 aromatic carbocycles. The van der Waals surface area contributed by atoms with Gasteiger partial charge in [0.15, 0.2) is 5.82 Å². The lowest BCUT2D eigenvalue weighted by atomic mass is 9.63. The average molecular weight is 456 g/mol. The highest BCUT2D eigenvalue weighted by atomic mass is 32.2. The van der Waals surface area contributed by atoms with Crippen molar-refractivity contribution in [2.45, 2.75) is 48.8 Å². The Bertz CT molecular complexity index is 1170. The molecule has 0 radical (unpaired) electrons. The first-order chi connectivity index (χ1) is 15.3. The van der Waals surface area contributed by atoms with E-state index in [0.717, 1.165) is 18.5 Å². The van der Waals surface area contributed by atoms with Crippen LogP contribution in [0.1, 0.15) is 44.7 Å². The zero-order chi connectivity index (χ0) is 22.8. The van der Waals surface area contributed by atoms with Crippen LogP contribution in [0.2, 0.25) is 0 Å². The molecule has 0 unspecified atom stereocenters. The lowest BCUT2D eigenvalue weighted by Gasteiger charge is -2.42. The third kappa shape index (κ3) is 4.94. The highest BCUT2D eigenvalue weighted by Crippen LogP contribution is 2.50. The number of H-pyrrole nitrogens is 1. The van der Waals surface area contributed by atoms with E-state index in [4.69, 9.17) is 5.11 Å². The van der Waals surface area contributed by atoms with Crippen LogP contribution in [0.3, 0.4) is 0 Å². The number of hydrogen-bond acceptors (Lipinski definition) is 7. The summed E-state index contributed by atoms with van der Waals surface area (Å²) >= 11 is 0. The predicted octanol–water partition coefficient (Wildman–Crippen LogP) is 4.08. The number of sulfone groups is 1. The minimum absolute atomic E-state index is 0.0358. The zero-order valence-electron chi connectivity index (χ0n) is 18.3. The topological polar surface area (TPSA) is 120 Å². The number of nitrogens with one attached hydrogen (secondary N) is 3. The molecule has 0 spiro atoms. The van der Waals surface area contributed by atoms with Crippen molar-refractivity contribution in [2.24, 2.45) is 5.41 Å². The molecular formula is C23H29N5O3S. The summed E-state index contributed by atoms with van der Waals surface area (Å²) in [5, 5.41) is 22.7. The molecule has 9 heteroatoms. The number of aliphatic hydroxyl groups excluding tert-OH is 1. The standard InChI is InChI=1S/C23H29N5O3S/c1-23(2)14-16(15-23)19-13-22(28-27-19)26-21-12-18(11-20(25-21)24-9-6-10-29)32(30,31)17-7-4-3-5-8-17/h3-5,7-8,11-13,16,29H,6,9-10,14-15H2,1-2H3,(H3,24,25,26,27,28). The van der Waals surface area contributed by atoms with E-state index in [9.17, 15) is 8.42 Å². The second kappa shape index (κ2) is 8.91. The quantitative estimate of drug-likeness (QED) is 0.359. The fourth-order valence-electron chi connectivity index (χ4n) is 4.08. The molecule has 4 rings (SSSR count). The molecule has 0 atom stereocenters. The van der Waals surface area contributed by atoms with E-state index in [1.165, 1.54) is 12.1 Å². The van der Waals surface area contributed by atoms with Crippen molar-refractivity contribution in [1.82, 2.24) is 15.2 Å². The highest BCUT2D eigenvalue weighted by Gasteiger charge is 2.37. The van der Waals surface area contributed by atoms with Crippen LogP contribution in [0.4, 0.5) is 17.5 Å². The Hall–Kier alpha value is -2.91. The lowest BCUT2D eigenvalue weighted by molar-refractivity contribution is 0.148. The second-order valence-electron chi connectivity index (χ2n) is 9.00. The highest BCUT2D eigenvalue weighted by molar-refractivity contribution is 7.91. The smallest absolute Gasteiger partial charge is 0.206 e. The van der Waals surface area contributed by atoms with E-state index in [0.29, 0.717) is 41.8 Å². The van der Waals surface area contributed by atoms with Gasteiger partial charge in [0.1, 0.15) is 11.6 Å². The van der Waals surface area contributed by atoms with Gasteiger partial charge in [-0.1, -0.05) is 32.0 Å². The SMILES string of the molecule is CC1(C)CC(c2cc(Nc3cc(S(=O)(=O)c4ccccc4)cc(NCCCO)n3)n[nH]2)C1. The molecule has 1 aliphatic carbocycles. The van der Waals surface area contributed by atoms with Crippen LogP contribution in [-0.2, 0) is 9.84 Å². The van der Waals surface area contributed by atoms with Crippen LogP contribution < -0.4 is 10.6 Å². The van der Waals surface area contributed by atoms with Gasteiger partial charge in [-0.05, 0) is 42.9 Å². The first-order valence-corrected chi connectivity index (χ1v) is 12.2. The fourth-order valence-corrected chi connectivity index (χ4v) is 5.40. The molecule has 32 heavy (non-hydrogen) atoms. The fraction of sp³-hybridized carbons (Fsp3) is 0.391. The van der Waals surface area contributed by atoms with Gasteiger partial charge in [0.2, 0.25) is 9.84 Å². The number of aromatic nitrogens is 3. The largest absolute Gasteiger partial charge is 0.396 e. The first kappa shape index (κ1) is 22.3. The number of aromatic amines is 1. The number of aliphatic hydroxyl groups is 1. The Kier molecular flexibility index (Phi) is 6.21. The maximum absolute atomic E-state index is 13.2. The Morgan fingerprint density at radius 2 is 1.78 bits per heavy atom. The molecule has 0 aliphatic heterocycles. The van der Waals surface area contributed by atoms with Gasteiger partial charge in [0, 0.05) is 36.9 Å². The first-order valence-electron chi connectivity index (χ1n) is 10.8. The molecule has 0 bridgehead atoms. The number of nitrogens with zero attached hydrogens (tertiary/aromatic N) is 2. The lowest BCUT2D eigenvalue weighted by Crippen LogP contribution is -2.29. The van der Waals surface area contributed by atoms with Gasteiger partial charge in [0.25, 0.3) is 0 Å². The summed E-state index contributed by atoms with van der Waals surface area (Å²) in [6, 6.07) is 13.3. The Balaban J connectivity index is 1.61. The van der Waals surface area contributed by atoms with Crippen LogP contribution in [0, 0.1) is 5.41 Å². The summed E-state index contributed by atoms with van der Waals surface area (Å²) in [5.41, 5.74) is 1.43. The van der Waals surface area contributed by atoms with Gasteiger partial charge in [-0.15, -0.1) is 0 Å². The summed E-state index contributed by atoms with van der Waals surface area (Å²) in [6.45, 7) is 5.02. The van der Waals surface area contributed by atoms with Crippen molar-refractivity contribution in [2.75, 3.05) is 23.8 Å². The molecule has 1 aliphatic rings. The molecule has 8 nitrogen and oxygen atoms in total. The van der Waals surface area contributed by atoms with E-state index in [-0.39, 0.29) is 16.4 Å². The molecule has 2 aromatic heterocycles. The number of anilines is 3. The Morgan fingerprint density at radius 3 is 2.47 bits per heavy atom. The molecule has 0 amide bonds. The van der Waals surface area contributed by atoms with Gasteiger partial charge in [-0.2, -0.15) is 5.10 Å². The third-order valence-electron chi connectivity index (χ3n) is 5.70. The summed E-state index contributed by atoms with van der Waals surface area (Å²) in [6.07, 6.45) is 2.74. The summed E-state index contributed by atoms with van der Waals surface area (Å²) in [4.78, 5) is 4.84. The number of hydrogen-bond donors (Lipinski definition) is 4. The predicted molar refractivity (Wildman–Crippen MR) is 124 cm³/mol. The van der Waals surface area contributed by atoms with E-state index < -0.39 is 9.84 Å². The molecule has 1 saturated carbocycles. The van der Waals surface area contributed by atoms with Gasteiger partial charge >= 0.3 is 0 Å². The molecule has 0 saturated heterocycles. The van der Waals surface area contributed by atoms with Crippen LogP contribution in [0.5, 0.6) is 0 Å². The van der Waals surface area contributed by atoms with Gasteiger partial charge in [-0.25, -0.2) is 13.4 Å². The van der Waals surface area contributed by atoms with Crippen molar-refractivity contribution < 1.29 is 13.5 Å². The van der Waals surface area contributed by atoms with Crippen molar-refractivity contribution in [3.05, 3.63) is 54.2 Å². The van der Waals surface area contributed by atoms with Crippen LogP contribution >= 0.6 is 0 Å². The molecule has 3 aromatic rings. The van der Waals surface area contributed by atoms with Crippen LogP contribution in [0.15, 0.2) is 58.3 Å². The minimum atomic E-state index is -3.72. The number of pyridine rings is 1. The van der Waals surface area contributed by atoms with Crippen molar-refractivity contribution in [1.29, 1.82) is 0 Å². The Morgan fingerprint density at radius 1 is 1.06 bits per heavy atom. The Labute approximate surface area is 188 Å². The van der Waals surface area contributed by atoms with E-state index >= 15 is 0 Å². The molecular weight excluding hydrogens is 426 g/mol. The summed E-state index contributed by atoms with van der Waals surface area (Å²) in [5.74, 6) is 1.84. The van der Waals surface area contributed by atoms with Crippen molar-refractivity contribution in [3.8, 4) is 0 Å². The average Bonchev–Trinajstić information content (AvgIpc) is 3.21. The van der Waals surface area contributed by atoms with Gasteiger partial charge in [-0.3, -0.25) is 5.10 Å². The molecule has 2 heterocycles.